The van der Waals surface area contributed by atoms with Gasteiger partial charge in [0.1, 0.15) is 11.5 Å². The van der Waals surface area contributed by atoms with E-state index in [1.165, 1.54) is 0 Å². The Morgan fingerprint density at radius 2 is 1.61 bits per heavy atom. The molecule has 0 saturated heterocycles. The van der Waals surface area contributed by atoms with Gasteiger partial charge in [0.25, 0.3) is 0 Å². The number of phenols is 1. The number of para-hydroxylation sites is 1. The van der Waals surface area contributed by atoms with Gasteiger partial charge in [-0.1, -0.05) is 72.4 Å². The molecular weight excluding hydrogens is 348 g/mol. The zero-order chi connectivity index (χ0) is 21.4. The minimum atomic E-state index is -0.453. The number of hydrogen-bond donors (Lipinski definition) is 1. The summed E-state index contributed by atoms with van der Waals surface area (Å²) in [6, 6.07) is 9.59. The number of ether oxygens (including phenoxy) is 1. The highest BCUT2D eigenvalue weighted by Crippen LogP contribution is 2.43. The molecule has 0 fully saturated rings. The molecule has 0 aliphatic heterocycles. The summed E-state index contributed by atoms with van der Waals surface area (Å²) in [4.78, 5) is 12.7. The Hall–Kier alpha value is -2.55. The van der Waals surface area contributed by atoms with Gasteiger partial charge in [0, 0.05) is 22.3 Å². The Bertz CT molecular complexity index is 922. The van der Waals surface area contributed by atoms with E-state index in [0.29, 0.717) is 22.4 Å². The third-order valence-electron chi connectivity index (χ3n) is 4.91. The highest BCUT2D eigenvalue weighted by Gasteiger charge is 2.26. The number of rotatable bonds is 3. The van der Waals surface area contributed by atoms with Gasteiger partial charge in [-0.05, 0) is 41.9 Å². The predicted octanol–water partition coefficient (Wildman–Crippen LogP) is 6.48. The van der Waals surface area contributed by atoms with E-state index in [2.05, 4.69) is 27.4 Å². The van der Waals surface area contributed by atoms with E-state index in [1.54, 1.807) is 0 Å². The van der Waals surface area contributed by atoms with Crippen molar-refractivity contribution in [2.75, 3.05) is 0 Å². The van der Waals surface area contributed by atoms with Gasteiger partial charge in [-0.2, -0.15) is 0 Å². The molecule has 2 rings (SSSR count). The van der Waals surface area contributed by atoms with Crippen LogP contribution in [0.4, 0.5) is 0 Å². The SMILES string of the molecule is C=C(C(=O)Oc1c(C)cccc1-c1cc(C)cc(C(C)(C)C)c1O)C(C)(C)C. The lowest BCUT2D eigenvalue weighted by atomic mass is 9.83. The van der Waals surface area contributed by atoms with Gasteiger partial charge in [-0.15, -0.1) is 0 Å². The molecule has 0 saturated carbocycles. The zero-order valence-electron chi connectivity index (χ0n) is 18.4. The Balaban J connectivity index is 2.64. The second-order valence-electron chi connectivity index (χ2n) is 9.53. The fraction of sp³-hybridized carbons (Fsp3) is 0.400. The predicted molar refractivity (Wildman–Crippen MR) is 116 cm³/mol. The smallest absolute Gasteiger partial charge is 0.339 e. The standard InChI is InChI=1S/C25H32O3/c1-15-13-19(21(26)20(14-15)25(7,8)9)18-12-10-11-16(2)22(18)28-23(27)17(3)24(4,5)6/h10-14,26H,3H2,1-2,4-9H3. The third-order valence-corrected chi connectivity index (χ3v) is 4.91. The summed E-state index contributed by atoms with van der Waals surface area (Å²) in [5.74, 6) is 0.223. The van der Waals surface area contributed by atoms with Crippen LogP contribution in [-0.2, 0) is 10.2 Å². The van der Waals surface area contributed by atoms with Crippen molar-refractivity contribution in [2.24, 2.45) is 5.41 Å². The number of benzene rings is 2. The van der Waals surface area contributed by atoms with E-state index in [0.717, 1.165) is 16.7 Å². The fourth-order valence-corrected chi connectivity index (χ4v) is 3.02. The van der Waals surface area contributed by atoms with Crippen LogP contribution in [0.1, 0.15) is 58.2 Å². The van der Waals surface area contributed by atoms with Crippen LogP contribution in [0.5, 0.6) is 11.5 Å². The van der Waals surface area contributed by atoms with Gasteiger partial charge in [-0.25, -0.2) is 4.79 Å². The highest BCUT2D eigenvalue weighted by molar-refractivity contribution is 5.92. The van der Waals surface area contributed by atoms with Crippen molar-refractivity contribution < 1.29 is 14.6 Å². The molecule has 0 unspecified atom stereocenters. The first-order chi connectivity index (χ1) is 12.7. The van der Waals surface area contributed by atoms with Crippen LogP contribution in [0.2, 0.25) is 0 Å². The number of carbonyl (C=O) groups excluding carboxylic acids is 1. The Labute approximate surface area is 169 Å². The summed E-state index contributed by atoms with van der Waals surface area (Å²) in [5.41, 5.74) is 3.89. The summed E-state index contributed by atoms with van der Waals surface area (Å²) in [5, 5.41) is 11.0. The lowest BCUT2D eigenvalue weighted by molar-refractivity contribution is -0.131. The topological polar surface area (TPSA) is 46.5 Å². The number of phenolic OH excluding ortho intramolecular Hbond substituents is 1. The van der Waals surface area contributed by atoms with Crippen molar-refractivity contribution in [2.45, 2.75) is 60.8 Å². The third kappa shape index (κ3) is 4.46. The summed E-state index contributed by atoms with van der Waals surface area (Å²) in [6.45, 7) is 19.8. The van der Waals surface area contributed by atoms with E-state index in [1.807, 2.05) is 65.0 Å². The van der Waals surface area contributed by atoms with Crippen molar-refractivity contribution in [3.8, 4) is 22.6 Å². The molecule has 150 valence electrons. The van der Waals surface area contributed by atoms with Crippen LogP contribution < -0.4 is 4.74 Å². The van der Waals surface area contributed by atoms with Gasteiger partial charge in [0.15, 0.2) is 0 Å². The fourth-order valence-electron chi connectivity index (χ4n) is 3.02. The second-order valence-corrected chi connectivity index (χ2v) is 9.53. The molecule has 0 radical (unpaired) electrons. The molecule has 2 aromatic rings. The van der Waals surface area contributed by atoms with E-state index in [9.17, 15) is 9.90 Å². The van der Waals surface area contributed by atoms with Crippen molar-refractivity contribution in [3.05, 3.63) is 59.2 Å². The average molecular weight is 381 g/mol. The number of hydrogen-bond acceptors (Lipinski definition) is 3. The minimum absolute atomic E-state index is 0.216. The molecule has 0 aromatic heterocycles. The van der Waals surface area contributed by atoms with Crippen LogP contribution in [0.25, 0.3) is 11.1 Å². The van der Waals surface area contributed by atoms with Gasteiger partial charge in [0.2, 0.25) is 0 Å². The van der Waals surface area contributed by atoms with Gasteiger partial charge < -0.3 is 9.84 Å². The molecule has 1 N–H and O–H groups in total. The van der Waals surface area contributed by atoms with Gasteiger partial charge >= 0.3 is 5.97 Å². The highest BCUT2D eigenvalue weighted by atomic mass is 16.5. The summed E-state index contributed by atoms with van der Waals surface area (Å²) in [7, 11) is 0. The lowest BCUT2D eigenvalue weighted by Gasteiger charge is -2.24. The maximum absolute atomic E-state index is 12.7. The Morgan fingerprint density at radius 3 is 2.14 bits per heavy atom. The number of aromatic hydroxyl groups is 1. The van der Waals surface area contributed by atoms with E-state index >= 15 is 0 Å². The Kier molecular flexibility index (Phi) is 5.79. The average Bonchev–Trinajstić information content (AvgIpc) is 2.56. The normalized spacial score (nSPS) is 12.0. The minimum Gasteiger partial charge on any atom is -0.507 e. The van der Waals surface area contributed by atoms with Crippen molar-refractivity contribution in [1.29, 1.82) is 0 Å². The number of aryl methyl sites for hydroxylation is 2. The molecule has 0 atom stereocenters. The monoisotopic (exact) mass is 380 g/mol. The molecule has 0 spiro atoms. The molecule has 28 heavy (non-hydrogen) atoms. The van der Waals surface area contributed by atoms with Crippen molar-refractivity contribution in [3.63, 3.8) is 0 Å². The van der Waals surface area contributed by atoms with Crippen LogP contribution in [0, 0.1) is 19.3 Å². The quantitative estimate of drug-likeness (QED) is 0.376. The first-order valence-corrected chi connectivity index (χ1v) is 9.59. The molecule has 3 heteroatoms. The molecule has 0 aliphatic rings. The number of carbonyl (C=O) groups is 1. The van der Waals surface area contributed by atoms with Gasteiger partial charge in [0.05, 0.1) is 0 Å². The van der Waals surface area contributed by atoms with Crippen LogP contribution in [-0.4, -0.2) is 11.1 Å². The zero-order valence-corrected chi connectivity index (χ0v) is 18.4. The van der Waals surface area contributed by atoms with Crippen LogP contribution in [0.15, 0.2) is 42.5 Å². The molecular formula is C25H32O3. The van der Waals surface area contributed by atoms with Crippen molar-refractivity contribution >= 4 is 5.97 Å². The molecule has 0 amide bonds. The first kappa shape index (κ1) is 21.7. The molecule has 0 heterocycles. The van der Waals surface area contributed by atoms with Crippen LogP contribution in [0.3, 0.4) is 0 Å². The molecule has 0 aliphatic carbocycles. The summed E-state index contributed by atoms with van der Waals surface area (Å²) < 4.78 is 5.79. The van der Waals surface area contributed by atoms with Gasteiger partial charge in [-0.3, -0.25) is 0 Å². The largest absolute Gasteiger partial charge is 0.507 e. The molecule has 3 nitrogen and oxygen atoms in total. The summed E-state index contributed by atoms with van der Waals surface area (Å²) in [6.07, 6.45) is 0. The van der Waals surface area contributed by atoms with E-state index < -0.39 is 5.97 Å². The first-order valence-electron chi connectivity index (χ1n) is 9.59. The lowest BCUT2D eigenvalue weighted by Crippen LogP contribution is -2.22. The van der Waals surface area contributed by atoms with E-state index in [4.69, 9.17) is 4.74 Å². The van der Waals surface area contributed by atoms with E-state index in [-0.39, 0.29) is 16.6 Å². The Morgan fingerprint density at radius 1 is 1.00 bits per heavy atom. The molecule has 0 bridgehead atoms. The van der Waals surface area contributed by atoms with Crippen LogP contribution >= 0.6 is 0 Å². The maximum atomic E-state index is 12.7. The van der Waals surface area contributed by atoms with Crippen molar-refractivity contribution in [1.82, 2.24) is 0 Å². The molecule has 2 aromatic carbocycles. The second kappa shape index (κ2) is 7.46. The maximum Gasteiger partial charge on any atom is 0.339 e. The number of esters is 1. The summed E-state index contributed by atoms with van der Waals surface area (Å²) >= 11 is 0.